The molecule has 33 rings (SSSR count). The Bertz CT molecular complexity index is 11000. The highest BCUT2D eigenvalue weighted by Crippen LogP contribution is 2.49. The molecule has 24 aromatic carbocycles. The molecule has 0 radical (unpaired) electrons. The SMILES string of the molecule is c1ccc2c(c1)oc1c(-c3cncc(-c4ccc5c(c4)c4ccccc4n5-c4ccc5c6ccccc6c6ccccc6c5c4)c3)cccc12.c1ccc2c(c1)oc1ccc(-c3cncc(-c4ccc5c(c4)c4ccccc4n5-c4ccc5c6ccccc6c6ccccc6c5c4)c3)cc12.c1ccc2c(c1)sc1c(-c3cc(-c4ccc5c(c4)c4ccccc4n5-c4ccc5c6ccccc6c6ccccc6c5c4)ncn3)cccc12. The van der Waals surface area contributed by atoms with E-state index in [4.69, 9.17) is 28.8 Å². The minimum atomic E-state index is 0.891. The van der Waals surface area contributed by atoms with Crippen LogP contribution in [0.2, 0.25) is 0 Å². The van der Waals surface area contributed by atoms with E-state index in [0.717, 1.165) is 128 Å². The lowest BCUT2D eigenvalue weighted by molar-refractivity contribution is 0.669. The monoisotopic (exact) mass is 1930 g/mol. The fourth-order valence-electron chi connectivity index (χ4n) is 24.4. The molecule has 0 bridgehead atoms. The van der Waals surface area contributed by atoms with Crippen molar-refractivity contribution in [2.24, 2.45) is 0 Å². The van der Waals surface area contributed by atoms with Gasteiger partial charge in [-0.2, -0.15) is 0 Å². The quantitative estimate of drug-likeness (QED) is 0.134. The molecule has 9 nitrogen and oxygen atoms in total. The fourth-order valence-corrected chi connectivity index (χ4v) is 25.6. The third kappa shape index (κ3) is 13.4. The molecule has 0 saturated heterocycles. The number of furan rings is 2. The summed E-state index contributed by atoms with van der Waals surface area (Å²) in [4.78, 5) is 19.0. The van der Waals surface area contributed by atoms with Crippen LogP contribution < -0.4 is 0 Å². The zero-order valence-corrected chi connectivity index (χ0v) is 81.6. The average Bonchev–Trinajstić information content (AvgIpc) is 1.64. The van der Waals surface area contributed by atoms with Crippen molar-refractivity contribution in [1.82, 2.24) is 33.6 Å². The van der Waals surface area contributed by atoms with Crippen LogP contribution in [0.1, 0.15) is 0 Å². The number of hydrogen-bond donors (Lipinski definition) is 0. The normalized spacial score (nSPS) is 12.0. The molecule has 0 aliphatic heterocycles. The molecule has 9 aromatic heterocycles. The first kappa shape index (κ1) is 84.7. The fraction of sp³-hybridized carbons (Fsp3) is 0. The molecule has 9 heterocycles. The Morgan fingerprint density at radius 2 is 0.487 bits per heavy atom. The molecule has 696 valence electrons. The third-order valence-corrected chi connectivity index (χ3v) is 32.4. The van der Waals surface area contributed by atoms with Crippen LogP contribution in [-0.2, 0) is 0 Å². The number of benzene rings is 24. The van der Waals surface area contributed by atoms with E-state index in [1.807, 2.05) is 60.4 Å². The maximum absolute atomic E-state index is 6.38. The average molecular weight is 1930 g/mol. The van der Waals surface area contributed by atoms with Gasteiger partial charge in [-0.1, -0.05) is 334 Å². The maximum atomic E-state index is 6.38. The van der Waals surface area contributed by atoms with Crippen LogP contribution in [-0.4, -0.2) is 33.6 Å². The topological polar surface area (TPSA) is 92.6 Å². The van der Waals surface area contributed by atoms with Crippen molar-refractivity contribution in [1.29, 1.82) is 0 Å². The van der Waals surface area contributed by atoms with Crippen LogP contribution in [0.15, 0.2) is 513 Å². The highest BCUT2D eigenvalue weighted by Gasteiger charge is 2.25. The maximum Gasteiger partial charge on any atom is 0.143 e. The van der Waals surface area contributed by atoms with Gasteiger partial charge in [-0.05, 0) is 253 Å². The molecule has 0 spiro atoms. The molecular formula is C140H83N7O2S. The van der Waals surface area contributed by atoms with Gasteiger partial charge in [-0.15, -0.1) is 11.3 Å². The number of fused-ring (bicyclic) bond motifs is 36. The highest BCUT2D eigenvalue weighted by atomic mass is 32.1. The number of pyridine rings is 2. The van der Waals surface area contributed by atoms with Crippen LogP contribution in [0.25, 0.3) is 311 Å². The van der Waals surface area contributed by atoms with Crippen molar-refractivity contribution in [2.75, 3.05) is 0 Å². The van der Waals surface area contributed by atoms with Crippen molar-refractivity contribution in [3.63, 3.8) is 0 Å². The molecule has 0 amide bonds. The van der Waals surface area contributed by atoms with Crippen molar-refractivity contribution in [3.05, 3.63) is 504 Å². The van der Waals surface area contributed by atoms with E-state index in [2.05, 4.69) is 463 Å². The summed E-state index contributed by atoms with van der Waals surface area (Å²) in [6.07, 6.45) is 9.51. The lowest BCUT2D eigenvalue weighted by Crippen LogP contribution is -1.95. The second-order valence-corrected chi connectivity index (χ2v) is 40.4. The van der Waals surface area contributed by atoms with Crippen LogP contribution in [0.5, 0.6) is 0 Å². The van der Waals surface area contributed by atoms with E-state index >= 15 is 0 Å². The van der Waals surface area contributed by atoms with Gasteiger partial charge < -0.3 is 22.5 Å². The number of aromatic nitrogens is 7. The van der Waals surface area contributed by atoms with E-state index in [-0.39, 0.29) is 0 Å². The van der Waals surface area contributed by atoms with Gasteiger partial charge in [0.2, 0.25) is 0 Å². The second kappa shape index (κ2) is 33.9. The first-order valence-electron chi connectivity index (χ1n) is 51.0. The van der Waals surface area contributed by atoms with E-state index in [1.165, 1.54) is 183 Å². The van der Waals surface area contributed by atoms with Gasteiger partial charge in [0.25, 0.3) is 0 Å². The van der Waals surface area contributed by atoms with E-state index in [0.29, 0.717) is 0 Å². The van der Waals surface area contributed by atoms with Gasteiger partial charge in [0.05, 0.1) is 44.5 Å². The number of thiophene rings is 1. The zero-order chi connectivity index (χ0) is 98.3. The van der Waals surface area contributed by atoms with E-state index in [9.17, 15) is 0 Å². The first-order chi connectivity index (χ1) is 74.4. The summed E-state index contributed by atoms with van der Waals surface area (Å²) in [5.41, 5.74) is 26.9. The van der Waals surface area contributed by atoms with Gasteiger partial charge in [0.15, 0.2) is 0 Å². The molecule has 0 saturated carbocycles. The number of hydrogen-bond acceptors (Lipinski definition) is 7. The molecule has 0 fully saturated rings. The van der Waals surface area contributed by atoms with Crippen LogP contribution in [0.4, 0.5) is 0 Å². The molecule has 0 atom stereocenters. The van der Waals surface area contributed by atoms with Crippen LogP contribution in [0.3, 0.4) is 0 Å². The van der Waals surface area contributed by atoms with Gasteiger partial charge >= 0.3 is 0 Å². The summed E-state index contributed by atoms with van der Waals surface area (Å²) in [7, 11) is 0. The Morgan fingerprint density at radius 1 is 0.173 bits per heavy atom. The van der Waals surface area contributed by atoms with Crippen LogP contribution >= 0.6 is 11.3 Å². The van der Waals surface area contributed by atoms with E-state index in [1.54, 1.807) is 6.33 Å². The second-order valence-electron chi connectivity index (χ2n) is 39.3. The molecule has 0 N–H and O–H groups in total. The van der Waals surface area contributed by atoms with Crippen LogP contribution in [0, 0.1) is 0 Å². The summed E-state index contributed by atoms with van der Waals surface area (Å²) >= 11 is 1.83. The standard InChI is InChI=1S/2C47H28N2O.C46H27N3S/c1-2-12-36-34(10-1)35-11-3-4-13-37(35)42-26-32(21-22-38(36)42)49-44-18-7-5-14-39(44)43-25-29(20-23-45(43)49)30-24-31(28-48-27-30)33-16-9-17-41-40-15-6-8-19-46(40)50-47(33)41;1-2-11-36-34(9-1)35-10-3-4-12-37(35)41-26-33(19-20-38(36)41)49-44-15-7-5-13-39(44)42-24-29(17-21-45(42)49)31-23-32(28-48-27-31)30-18-22-47-43(25-30)40-14-6-8-16-46(40)50-47;1-2-12-32-30(10-1)31-11-3-4-13-33(31)39-25-29(21-22-34(32)39)49-43-18-7-5-14-35(43)40-24-28(20-23-44(40)49)41-26-42(48-27-47-41)38-17-9-16-37-36-15-6-8-19-45(36)50-46(37)38/h2*1-28H;1-27H. The molecule has 0 aliphatic carbocycles. The molecule has 10 heteroatoms. The van der Waals surface area contributed by atoms with Gasteiger partial charge in [0, 0.05) is 155 Å². The summed E-state index contributed by atoms with van der Waals surface area (Å²) < 4.78 is 22.2. The Kier molecular flexibility index (Phi) is 19.2. The summed E-state index contributed by atoms with van der Waals surface area (Å²) in [5, 5.41) is 37.4. The van der Waals surface area contributed by atoms with Crippen molar-refractivity contribution in [2.45, 2.75) is 0 Å². The minimum absolute atomic E-state index is 0.891. The Balaban J connectivity index is 0.000000101. The Labute approximate surface area is 862 Å². The molecule has 0 unspecified atom stereocenters. The van der Waals surface area contributed by atoms with Crippen molar-refractivity contribution < 1.29 is 8.83 Å². The molecule has 0 aliphatic rings. The Hall–Kier alpha value is -19.8. The first-order valence-corrected chi connectivity index (χ1v) is 51.8. The summed E-state index contributed by atoms with van der Waals surface area (Å²) in [6, 6.07) is 171. The lowest BCUT2D eigenvalue weighted by atomic mass is 9.94. The van der Waals surface area contributed by atoms with Crippen molar-refractivity contribution >= 4 is 238 Å². The predicted molar refractivity (Wildman–Crippen MR) is 631 cm³/mol. The molecular weight excluding hydrogens is 1840 g/mol. The number of rotatable bonds is 9. The smallest absolute Gasteiger partial charge is 0.143 e. The largest absolute Gasteiger partial charge is 0.456 e. The summed E-state index contributed by atoms with van der Waals surface area (Å²) in [6.45, 7) is 0. The molecule has 33 aromatic rings. The van der Waals surface area contributed by atoms with Gasteiger partial charge in [-0.25, -0.2) is 9.97 Å². The molecule has 150 heavy (non-hydrogen) atoms. The number of nitrogens with zero attached hydrogens (tertiary/aromatic N) is 7. The lowest BCUT2D eigenvalue weighted by Gasteiger charge is -2.14. The number of para-hydroxylation sites is 6. The summed E-state index contributed by atoms with van der Waals surface area (Å²) in [5.74, 6) is 0. The predicted octanol–water partition coefficient (Wildman–Crippen LogP) is 38.5. The van der Waals surface area contributed by atoms with Crippen molar-refractivity contribution in [3.8, 4) is 84.1 Å². The van der Waals surface area contributed by atoms with Gasteiger partial charge in [0.1, 0.15) is 28.7 Å². The van der Waals surface area contributed by atoms with Gasteiger partial charge in [-0.3, -0.25) is 9.97 Å². The third-order valence-electron chi connectivity index (χ3n) is 31.2. The Morgan fingerprint density at radius 3 is 0.947 bits per heavy atom. The minimum Gasteiger partial charge on any atom is -0.456 e. The zero-order valence-electron chi connectivity index (χ0n) is 80.8. The van der Waals surface area contributed by atoms with E-state index < -0.39 is 0 Å². The highest BCUT2D eigenvalue weighted by molar-refractivity contribution is 7.26.